The molecule has 0 heterocycles. The number of carboxylic acids is 2. The van der Waals surface area contributed by atoms with Crippen LogP contribution in [0.3, 0.4) is 0 Å². The van der Waals surface area contributed by atoms with Gasteiger partial charge in [0.15, 0.2) is 0 Å². The Morgan fingerprint density at radius 2 is 1.27 bits per heavy atom. The Morgan fingerprint density at radius 3 is 1.36 bits per heavy atom. The summed E-state index contributed by atoms with van der Waals surface area (Å²) in [6.07, 6.45) is 1.12. The maximum absolute atomic E-state index is 9.55. The summed E-state index contributed by atoms with van der Waals surface area (Å²) in [5.74, 6) is -2.51. The van der Waals surface area contributed by atoms with Gasteiger partial charge in [0.1, 0.15) is 0 Å². The molecular formula is C4H5FeNaO4S. The molecular weight excluding hydrogens is 223 g/mol. The van der Waals surface area contributed by atoms with Gasteiger partial charge in [-0.1, -0.05) is 0 Å². The molecule has 0 amide bonds. The normalized spacial score (nSPS) is 7.36. The van der Waals surface area contributed by atoms with Crippen molar-refractivity contribution >= 4 is 52.0 Å². The van der Waals surface area contributed by atoms with Crippen LogP contribution < -0.4 is 0 Å². The van der Waals surface area contributed by atoms with Crippen molar-refractivity contribution in [3.63, 3.8) is 0 Å². The van der Waals surface area contributed by atoms with E-state index in [1.807, 2.05) is 0 Å². The first-order valence-corrected chi connectivity index (χ1v) is 3.55. The third kappa shape index (κ3) is 25.1. The second kappa shape index (κ2) is 13.0. The second-order valence-electron chi connectivity index (χ2n) is 1.01. The van der Waals surface area contributed by atoms with Gasteiger partial charge in [0.25, 0.3) is 0 Å². The van der Waals surface area contributed by atoms with Crippen LogP contribution in [0.25, 0.3) is 0 Å². The molecule has 0 saturated heterocycles. The van der Waals surface area contributed by atoms with Crippen molar-refractivity contribution in [2.75, 3.05) is 0 Å². The van der Waals surface area contributed by atoms with E-state index in [0.29, 0.717) is 12.2 Å². The number of carbonyl (C=O) groups is 2. The molecule has 60 valence electrons. The zero-order valence-electron chi connectivity index (χ0n) is 4.63. The van der Waals surface area contributed by atoms with Crippen LogP contribution >= 0.6 is 10.6 Å². The molecule has 0 aromatic rings. The van der Waals surface area contributed by atoms with Gasteiger partial charge in [0.05, 0.1) is 0 Å². The monoisotopic (exact) mass is 228 g/mol. The molecule has 11 heavy (non-hydrogen) atoms. The van der Waals surface area contributed by atoms with Crippen LogP contribution in [0, 0.1) is 0 Å². The summed E-state index contributed by atoms with van der Waals surface area (Å²) in [5.41, 5.74) is 0. The summed E-state index contributed by atoms with van der Waals surface area (Å²) >= 11 is 2.83. The van der Waals surface area contributed by atoms with E-state index in [4.69, 9.17) is 10.2 Å². The van der Waals surface area contributed by atoms with E-state index in [-0.39, 0.29) is 29.6 Å². The van der Waals surface area contributed by atoms with Gasteiger partial charge in [-0.3, -0.25) is 0 Å². The summed E-state index contributed by atoms with van der Waals surface area (Å²) in [5, 5.41) is 15.6. The van der Waals surface area contributed by atoms with Crippen molar-refractivity contribution in [1.29, 1.82) is 0 Å². The van der Waals surface area contributed by atoms with Crippen molar-refractivity contribution in [3.8, 4) is 0 Å². The summed E-state index contributed by atoms with van der Waals surface area (Å²) in [7, 11) is 3.83. The van der Waals surface area contributed by atoms with E-state index in [1.165, 1.54) is 0 Å². The van der Waals surface area contributed by atoms with Crippen LogP contribution in [-0.4, -0.2) is 51.7 Å². The first-order chi connectivity index (χ1) is 4.63. The molecule has 0 aliphatic rings. The minimum atomic E-state index is -1.26. The van der Waals surface area contributed by atoms with Crippen molar-refractivity contribution in [2.45, 2.75) is 0 Å². The Labute approximate surface area is 97.6 Å². The molecule has 0 aliphatic heterocycles. The summed E-state index contributed by atoms with van der Waals surface area (Å²) in [6.45, 7) is 0. The Bertz CT molecular complexity index is 144. The second-order valence-corrected chi connectivity index (χ2v) is 1.01. The quantitative estimate of drug-likeness (QED) is 0.501. The van der Waals surface area contributed by atoms with Gasteiger partial charge in [-0.15, -0.1) is 0 Å². The van der Waals surface area contributed by atoms with Crippen LogP contribution in [0.4, 0.5) is 0 Å². The molecule has 0 spiro atoms. The average Bonchev–Trinajstić information content (AvgIpc) is 1.89. The summed E-state index contributed by atoms with van der Waals surface area (Å²) in [6, 6.07) is 0. The molecule has 0 aliphatic carbocycles. The molecule has 0 aromatic carbocycles. The molecule has 0 aromatic heterocycles. The van der Waals surface area contributed by atoms with Gasteiger partial charge in [0, 0.05) is 12.2 Å². The SMILES string of the molecule is O=C(O)/C=C\C(=O)O.[NaH].[S]=[Fe]. The molecule has 0 rings (SSSR count). The van der Waals surface area contributed by atoms with Gasteiger partial charge >= 0.3 is 66.4 Å². The maximum atomic E-state index is 9.55. The van der Waals surface area contributed by atoms with Crippen molar-refractivity contribution < 1.29 is 34.2 Å². The van der Waals surface area contributed by atoms with Crippen LogP contribution in [-0.2, 0) is 24.0 Å². The molecule has 0 unspecified atom stereocenters. The van der Waals surface area contributed by atoms with Crippen LogP contribution in [0.1, 0.15) is 0 Å². The Morgan fingerprint density at radius 1 is 1.09 bits per heavy atom. The van der Waals surface area contributed by atoms with E-state index in [2.05, 4.69) is 24.9 Å². The zero-order valence-corrected chi connectivity index (χ0v) is 6.55. The molecule has 0 saturated carbocycles. The molecule has 0 fully saturated rings. The number of rotatable bonds is 2. The molecule has 0 atom stereocenters. The van der Waals surface area contributed by atoms with Crippen LogP contribution in [0.2, 0.25) is 0 Å². The zero-order chi connectivity index (χ0) is 8.57. The van der Waals surface area contributed by atoms with E-state index in [9.17, 15) is 9.59 Å². The van der Waals surface area contributed by atoms with Gasteiger partial charge in [-0.25, -0.2) is 9.59 Å². The topological polar surface area (TPSA) is 74.6 Å². The fraction of sp³-hybridized carbons (Fsp3) is 0. The van der Waals surface area contributed by atoms with Gasteiger partial charge < -0.3 is 10.2 Å². The standard InChI is InChI=1S/C4H4O4.Fe.Na.S.H/c5-3(6)1-2-4(7)8;;;;/h1-2H,(H,5,6)(H,7,8);;;;/b2-1-;;;;. The number of carboxylic acid groups (broad SMARTS) is 2. The van der Waals surface area contributed by atoms with Gasteiger partial charge in [0.2, 0.25) is 0 Å². The van der Waals surface area contributed by atoms with Gasteiger partial charge in [-0.05, 0) is 0 Å². The molecule has 2 N–H and O–H groups in total. The number of aliphatic carboxylic acids is 2. The Hall–Kier alpha value is 0.419. The average molecular weight is 228 g/mol. The number of hydrogen-bond donors (Lipinski definition) is 2. The van der Waals surface area contributed by atoms with Crippen molar-refractivity contribution in [3.05, 3.63) is 12.2 Å². The minimum absolute atomic E-state index is 0. The van der Waals surface area contributed by atoms with Gasteiger partial charge in [-0.2, -0.15) is 0 Å². The predicted molar refractivity (Wildman–Crippen MR) is 39.2 cm³/mol. The van der Waals surface area contributed by atoms with E-state index < -0.39 is 11.9 Å². The molecule has 0 bridgehead atoms. The van der Waals surface area contributed by atoms with E-state index in [1.54, 1.807) is 0 Å². The summed E-state index contributed by atoms with van der Waals surface area (Å²) < 4.78 is 0. The van der Waals surface area contributed by atoms with E-state index in [0.717, 1.165) is 0 Å². The van der Waals surface area contributed by atoms with Crippen LogP contribution in [0.15, 0.2) is 12.2 Å². The van der Waals surface area contributed by atoms with E-state index >= 15 is 0 Å². The molecule has 7 heteroatoms. The fourth-order valence-corrected chi connectivity index (χ4v) is 0.143. The predicted octanol–water partition coefficient (Wildman–Crippen LogP) is -0.291. The molecule has 0 radical (unpaired) electrons. The third-order valence-electron chi connectivity index (χ3n) is 0.368. The molecule has 4 nitrogen and oxygen atoms in total. The Balaban J connectivity index is -0.000000196. The summed E-state index contributed by atoms with van der Waals surface area (Å²) in [4.78, 5) is 19.1. The first kappa shape index (κ1) is 17.5. The van der Waals surface area contributed by atoms with Crippen molar-refractivity contribution in [2.24, 2.45) is 0 Å². The van der Waals surface area contributed by atoms with Crippen LogP contribution in [0.5, 0.6) is 0 Å². The first-order valence-electron chi connectivity index (χ1n) is 1.91. The number of hydrogen-bond acceptors (Lipinski definition) is 3. The fourth-order valence-electron chi connectivity index (χ4n) is 0.143. The van der Waals surface area contributed by atoms with Crippen molar-refractivity contribution in [1.82, 2.24) is 0 Å². The third-order valence-corrected chi connectivity index (χ3v) is 0.368. The Kier molecular flexibility index (Phi) is 20.7.